The van der Waals surface area contributed by atoms with E-state index in [1.54, 1.807) is 16.8 Å². The predicted molar refractivity (Wildman–Crippen MR) is 90.5 cm³/mol. The van der Waals surface area contributed by atoms with Gasteiger partial charge in [-0.1, -0.05) is 6.92 Å². The number of amides is 1. The zero-order valence-corrected chi connectivity index (χ0v) is 15.2. The summed E-state index contributed by atoms with van der Waals surface area (Å²) in [5.74, 6) is -0.263. The van der Waals surface area contributed by atoms with Gasteiger partial charge in [0, 0.05) is 23.8 Å². The lowest BCUT2D eigenvalue weighted by atomic mass is 10.2. The molecular formula is C14H17N3O3S3. The first kappa shape index (κ1) is 16.6. The van der Waals surface area contributed by atoms with Gasteiger partial charge in [0.2, 0.25) is 10.0 Å². The highest BCUT2D eigenvalue weighted by Gasteiger charge is 2.36. The largest absolute Gasteiger partial charge is 0.342 e. The summed E-state index contributed by atoms with van der Waals surface area (Å²) in [4.78, 5) is 17.7. The van der Waals surface area contributed by atoms with Crippen LogP contribution in [0.3, 0.4) is 0 Å². The third-order valence-corrected chi connectivity index (χ3v) is 7.61. The van der Waals surface area contributed by atoms with E-state index in [1.807, 2.05) is 0 Å². The molecule has 1 aliphatic rings. The minimum Gasteiger partial charge on any atom is -0.342 e. The summed E-state index contributed by atoms with van der Waals surface area (Å²) in [6, 6.07) is 1.24. The van der Waals surface area contributed by atoms with Crippen molar-refractivity contribution in [3.63, 3.8) is 0 Å². The Bertz CT molecular complexity index is 825. The van der Waals surface area contributed by atoms with Crippen molar-refractivity contribution in [1.82, 2.24) is 14.6 Å². The van der Waals surface area contributed by atoms with Crippen LogP contribution in [0.5, 0.6) is 0 Å². The summed E-state index contributed by atoms with van der Waals surface area (Å²) >= 11 is 2.83. The van der Waals surface area contributed by atoms with E-state index < -0.39 is 10.0 Å². The fourth-order valence-electron chi connectivity index (χ4n) is 2.47. The Hall–Kier alpha value is -1.29. The maximum absolute atomic E-state index is 12.4. The average Bonchev–Trinajstić information content (AvgIpc) is 3.14. The van der Waals surface area contributed by atoms with Crippen LogP contribution < -0.4 is 5.32 Å². The molecule has 0 aliphatic carbocycles. The molecule has 0 bridgehead atoms. The number of hydrogen-bond donors (Lipinski definition) is 1. The Labute approximate surface area is 143 Å². The van der Waals surface area contributed by atoms with Crippen molar-refractivity contribution in [2.45, 2.75) is 30.7 Å². The lowest BCUT2D eigenvalue weighted by molar-refractivity contribution is 0.0927. The van der Waals surface area contributed by atoms with E-state index in [4.69, 9.17) is 0 Å². The molecule has 0 fully saturated rings. The molecule has 1 atom stereocenters. The van der Waals surface area contributed by atoms with Crippen LogP contribution in [0.1, 0.15) is 39.8 Å². The Morgan fingerprint density at radius 1 is 1.48 bits per heavy atom. The van der Waals surface area contributed by atoms with E-state index in [0.29, 0.717) is 10.6 Å². The van der Waals surface area contributed by atoms with E-state index >= 15 is 0 Å². The summed E-state index contributed by atoms with van der Waals surface area (Å²) < 4.78 is 25.8. The Kier molecular flexibility index (Phi) is 4.54. The van der Waals surface area contributed by atoms with Gasteiger partial charge in [-0.15, -0.1) is 22.7 Å². The van der Waals surface area contributed by atoms with Crippen LogP contribution in [0.4, 0.5) is 0 Å². The van der Waals surface area contributed by atoms with Gasteiger partial charge >= 0.3 is 0 Å². The summed E-state index contributed by atoms with van der Waals surface area (Å²) in [5, 5.41) is 7.34. The zero-order chi connectivity index (χ0) is 16.6. The highest BCUT2D eigenvalue weighted by atomic mass is 32.2. The van der Waals surface area contributed by atoms with E-state index in [1.165, 1.54) is 34.0 Å². The molecule has 3 heterocycles. The first-order chi connectivity index (χ1) is 10.9. The lowest BCUT2D eigenvalue weighted by Crippen LogP contribution is -2.42. The molecule has 0 spiro atoms. The molecule has 0 aromatic carbocycles. The van der Waals surface area contributed by atoms with E-state index in [2.05, 4.69) is 17.2 Å². The van der Waals surface area contributed by atoms with Crippen LogP contribution in [-0.4, -0.2) is 37.2 Å². The molecule has 6 nitrogen and oxygen atoms in total. The van der Waals surface area contributed by atoms with Crippen LogP contribution >= 0.6 is 22.7 Å². The van der Waals surface area contributed by atoms with Gasteiger partial charge < -0.3 is 5.32 Å². The average molecular weight is 372 g/mol. The van der Waals surface area contributed by atoms with Crippen molar-refractivity contribution in [3.05, 3.63) is 32.4 Å². The number of thiazole rings is 1. The van der Waals surface area contributed by atoms with Crippen LogP contribution in [0.15, 0.2) is 21.7 Å². The molecular weight excluding hydrogens is 354 g/mol. The molecule has 1 N–H and O–H groups in total. The Morgan fingerprint density at radius 2 is 2.26 bits per heavy atom. The zero-order valence-electron chi connectivity index (χ0n) is 12.8. The number of carbonyl (C=O) groups is 1. The number of sulfonamides is 1. The quantitative estimate of drug-likeness (QED) is 0.894. The highest BCUT2D eigenvalue weighted by molar-refractivity contribution is 7.89. The maximum Gasteiger partial charge on any atom is 0.271 e. The third-order valence-electron chi connectivity index (χ3n) is 3.66. The first-order valence-corrected chi connectivity index (χ1v) is 10.4. The smallest absolute Gasteiger partial charge is 0.271 e. The third kappa shape index (κ3) is 3.06. The van der Waals surface area contributed by atoms with Crippen molar-refractivity contribution in [1.29, 1.82) is 0 Å². The summed E-state index contributed by atoms with van der Waals surface area (Å²) in [6.45, 7) is 2.30. The second kappa shape index (κ2) is 6.31. The molecule has 0 unspecified atom stereocenters. The molecule has 0 saturated carbocycles. The molecule has 1 aliphatic heterocycles. The number of thiophene rings is 1. The van der Waals surface area contributed by atoms with Gasteiger partial charge in [-0.05, 0) is 24.3 Å². The second-order valence-electron chi connectivity index (χ2n) is 5.34. The fourth-order valence-corrected chi connectivity index (χ4v) is 6.05. The van der Waals surface area contributed by atoms with Gasteiger partial charge in [-0.3, -0.25) is 4.79 Å². The van der Waals surface area contributed by atoms with Gasteiger partial charge in [-0.2, -0.15) is 4.31 Å². The van der Waals surface area contributed by atoms with Crippen LogP contribution in [-0.2, 0) is 16.4 Å². The summed E-state index contributed by atoms with van der Waals surface area (Å²) in [6.07, 6.45) is 1.84. The van der Waals surface area contributed by atoms with Crippen molar-refractivity contribution >= 4 is 38.6 Å². The number of nitrogens with zero attached hydrogens (tertiary/aromatic N) is 2. The molecule has 0 saturated heterocycles. The molecule has 1 amide bonds. The highest BCUT2D eigenvalue weighted by Crippen LogP contribution is 2.35. The van der Waals surface area contributed by atoms with Crippen LogP contribution in [0.25, 0.3) is 0 Å². The van der Waals surface area contributed by atoms with Crippen molar-refractivity contribution in [2.75, 3.05) is 13.6 Å². The number of rotatable bonds is 4. The van der Waals surface area contributed by atoms with Crippen molar-refractivity contribution in [3.8, 4) is 0 Å². The molecule has 2 aromatic rings. The molecule has 124 valence electrons. The minimum absolute atomic E-state index is 0.230. The van der Waals surface area contributed by atoms with Crippen molar-refractivity contribution < 1.29 is 13.2 Å². The monoisotopic (exact) mass is 371 g/mol. The fraction of sp³-hybridized carbons (Fsp3) is 0.429. The minimum atomic E-state index is -3.44. The van der Waals surface area contributed by atoms with E-state index in [-0.39, 0.29) is 23.4 Å². The van der Waals surface area contributed by atoms with Crippen LogP contribution in [0, 0.1) is 0 Å². The summed E-state index contributed by atoms with van der Waals surface area (Å²) in [7, 11) is -1.91. The summed E-state index contributed by atoms with van der Waals surface area (Å²) in [5.41, 5.74) is 0.396. The maximum atomic E-state index is 12.4. The van der Waals surface area contributed by atoms with Crippen molar-refractivity contribution in [2.24, 2.45) is 0 Å². The van der Waals surface area contributed by atoms with Gasteiger partial charge in [0.1, 0.15) is 5.69 Å². The van der Waals surface area contributed by atoms with Crippen LogP contribution in [0.2, 0.25) is 0 Å². The number of aryl methyl sites for hydroxylation is 1. The predicted octanol–water partition coefficient (Wildman–Crippen LogP) is 2.26. The van der Waals surface area contributed by atoms with Gasteiger partial charge in [0.05, 0.1) is 15.9 Å². The molecule has 23 heavy (non-hydrogen) atoms. The normalized spacial score (nSPS) is 20.2. The van der Waals surface area contributed by atoms with Gasteiger partial charge in [-0.25, -0.2) is 13.4 Å². The lowest BCUT2D eigenvalue weighted by Gasteiger charge is -2.29. The van der Waals surface area contributed by atoms with Gasteiger partial charge in [0.15, 0.2) is 0 Å². The number of fused-ring (bicyclic) bond motifs is 1. The first-order valence-electron chi connectivity index (χ1n) is 7.22. The number of carbonyl (C=O) groups excluding carboxylic acids is 1. The van der Waals surface area contributed by atoms with E-state index in [0.717, 1.165) is 17.8 Å². The Balaban J connectivity index is 1.81. The SMILES string of the molecule is CCCc1nc(C(=O)N[C@@H]2CN(C)S(=O)(=O)c3ccsc32)cs1. The standard InChI is InChI=1S/C14H17N3O3S3/c1-3-4-12-15-10(8-22-12)14(18)16-9-7-17(2)23(19,20)11-5-6-21-13(9)11/h5-6,8-9H,3-4,7H2,1-2H3,(H,16,18)/t9-/m1/s1. The topological polar surface area (TPSA) is 79.4 Å². The molecule has 0 radical (unpaired) electrons. The Morgan fingerprint density at radius 3 is 3.00 bits per heavy atom. The molecule has 3 rings (SSSR count). The number of likely N-dealkylation sites (N-methyl/N-ethyl adjacent to an activating group) is 1. The molecule has 2 aromatic heterocycles. The second-order valence-corrected chi connectivity index (χ2v) is 9.24. The van der Waals surface area contributed by atoms with Gasteiger partial charge in [0.25, 0.3) is 5.91 Å². The van der Waals surface area contributed by atoms with E-state index in [9.17, 15) is 13.2 Å². The number of hydrogen-bond acceptors (Lipinski definition) is 6. The number of aromatic nitrogens is 1. The number of nitrogens with one attached hydrogen (secondary N) is 1. The molecule has 9 heteroatoms.